The standard InChI is InChI=1S/C10H18/c1-7(2)9-6-8(3)10(9,4)5/h8-9H,1,6H2,2-5H3/t8-,9-/m1/s1. The van der Waals surface area contributed by atoms with Crippen LogP contribution in [0.5, 0.6) is 0 Å². The molecule has 0 nitrogen and oxygen atoms in total. The van der Waals surface area contributed by atoms with Crippen molar-refractivity contribution in [1.82, 2.24) is 0 Å². The van der Waals surface area contributed by atoms with Gasteiger partial charge >= 0.3 is 0 Å². The quantitative estimate of drug-likeness (QED) is 0.488. The Labute approximate surface area is 64.3 Å². The fourth-order valence-electron chi connectivity index (χ4n) is 1.98. The highest BCUT2D eigenvalue weighted by Gasteiger charge is 2.45. The van der Waals surface area contributed by atoms with Gasteiger partial charge < -0.3 is 0 Å². The maximum absolute atomic E-state index is 4.01. The maximum atomic E-state index is 4.01. The summed E-state index contributed by atoms with van der Waals surface area (Å²) in [6.07, 6.45) is 1.35. The summed E-state index contributed by atoms with van der Waals surface area (Å²) in [4.78, 5) is 0. The Morgan fingerprint density at radius 3 is 2.10 bits per heavy atom. The fraction of sp³-hybridized carbons (Fsp3) is 0.800. The average molecular weight is 138 g/mol. The molecule has 2 atom stereocenters. The molecule has 1 aliphatic carbocycles. The normalized spacial score (nSPS) is 36.8. The zero-order chi connectivity index (χ0) is 7.94. The molecular weight excluding hydrogens is 120 g/mol. The molecule has 58 valence electrons. The van der Waals surface area contributed by atoms with Crippen LogP contribution in [-0.2, 0) is 0 Å². The molecule has 0 aliphatic heterocycles. The van der Waals surface area contributed by atoms with Gasteiger partial charge in [-0.15, -0.1) is 0 Å². The number of rotatable bonds is 1. The van der Waals surface area contributed by atoms with Gasteiger partial charge in [0.2, 0.25) is 0 Å². The van der Waals surface area contributed by atoms with E-state index in [9.17, 15) is 0 Å². The Bertz CT molecular complexity index is 153. The third-order valence-electron chi connectivity index (χ3n) is 3.35. The molecule has 0 unspecified atom stereocenters. The molecule has 0 aromatic rings. The van der Waals surface area contributed by atoms with Crippen molar-refractivity contribution in [3.05, 3.63) is 12.2 Å². The van der Waals surface area contributed by atoms with E-state index in [1.54, 1.807) is 0 Å². The van der Waals surface area contributed by atoms with Crippen LogP contribution in [0.4, 0.5) is 0 Å². The Morgan fingerprint density at radius 2 is 2.00 bits per heavy atom. The first-order chi connectivity index (χ1) is 4.46. The highest BCUT2D eigenvalue weighted by atomic mass is 14.5. The summed E-state index contributed by atoms with van der Waals surface area (Å²) in [7, 11) is 0. The van der Waals surface area contributed by atoms with Crippen molar-refractivity contribution in [2.24, 2.45) is 17.3 Å². The average Bonchev–Trinajstić information content (AvgIpc) is 1.82. The molecular formula is C10H18. The molecule has 0 saturated heterocycles. The van der Waals surface area contributed by atoms with E-state index >= 15 is 0 Å². The number of hydrogen-bond donors (Lipinski definition) is 0. The van der Waals surface area contributed by atoms with Crippen LogP contribution in [0.25, 0.3) is 0 Å². The first kappa shape index (κ1) is 7.84. The summed E-state index contributed by atoms with van der Waals surface area (Å²) in [6.45, 7) is 13.2. The van der Waals surface area contributed by atoms with Crippen LogP contribution < -0.4 is 0 Å². The Kier molecular flexibility index (Phi) is 1.66. The SMILES string of the molecule is C=C(C)[C@H]1C[C@@H](C)C1(C)C. The molecule has 0 radical (unpaired) electrons. The highest BCUT2D eigenvalue weighted by Crippen LogP contribution is 2.53. The van der Waals surface area contributed by atoms with Crippen LogP contribution in [0.1, 0.15) is 34.1 Å². The van der Waals surface area contributed by atoms with Gasteiger partial charge in [0.15, 0.2) is 0 Å². The Morgan fingerprint density at radius 1 is 1.50 bits per heavy atom. The minimum atomic E-state index is 0.520. The molecule has 0 heteroatoms. The molecule has 0 aromatic carbocycles. The Balaban J connectivity index is 2.63. The lowest BCUT2D eigenvalue weighted by Crippen LogP contribution is -2.43. The minimum absolute atomic E-state index is 0.520. The van der Waals surface area contributed by atoms with E-state index in [0.717, 1.165) is 11.8 Å². The van der Waals surface area contributed by atoms with Crippen molar-refractivity contribution in [3.8, 4) is 0 Å². The van der Waals surface area contributed by atoms with Gasteiger partial charge in [-0.25, -0.2) is 0 Å². The van der Waals surface area contributed by atoms with Gasteiger partial charge in [0.1, 0.15) is 0 Å². The molecule has 0 heterocycles. The van der Waals surface area contributed by atoms with Crippen molar-refractivity contribution < 1.29 is 0 Å². The molecule has 0 amide bonds. The first-order valence-corrected chi connectivity index (χ1v) is 4.11. The monoisotopic (exact) mass is 138 g/mol. The second kappa shape index (κ2) is 2.11. The van der Waals surface area contributed by atoms with Crippen molar-refractivity contribution in [3.63, 3.8) is 0 Å². The lowest BCUT2D eigenvalue weighted by Gasteiger charge is -2.51. The first-order valence-electron chi connectivity index (χ1n) is 4.11. The van der Waals surface area contributed by atoms with Crippen molar-refractivity contribution >= 4 is 0 Å². The van der Waals surface area contributed by atoms with Gasteiger partial charge in [-0.3, -0.25) is 0 Å². The predicted molar refractivity (Wildman–Crippen MR) is 45.9 cm³/mol. The summed E-state index contributed by atoms with van der Waals surface area (Å²) < 4.78 is 0. The summed E-state index contributed by atoms with van der Waals surface area (Å²) in [5, 5.41) is 0. The molecule has 1 fully saturated rings. The highest BCUT2D eigenvalue weighted by molar-refractivity contribution is 5.10. The van der Waals surface area contributed by atoms with Crippen molar-refractivity contribution in [2.75, 3.05) is 0 Å². The zero-order valence-corrected chi connectivity index (χ0v) is 7.57. The van der Waals surface area contributed by atoms with Crippen LogP contribution in [0, 0.1) is 17.3 Å². The molecule has 10 heavy (non-hydrogen) atoms. The van der Waals surface area contributed by atoms with E-state index in [0.29, 0.717) is 5.41 Å². The molecule has 1 saturated carbocycles. The number of allylic oxidation sites excluding steroid dienone is 1. The van der Waals surface area contributed by atoms with E-state index in [1.165, 1.54) is 12.0 Å². The molecule has 0 aromatic heterocycles. The van der Waals surface area contributed by atoms with Crippen LogP contribution in [0.2, 0.25) is 0 Å². The van der Waals surface area contributed by atoms with Gasteiger partial charge in [-0.05, 0) is 30.6 Å². The molecule has 1 rings (SSSR count). The van der Waals surface area contributed by atoms with Gasteiger partial charge in [0.25, 0.3) is 0 Å². The second-order valence-corrected chi connectivity index (χ2v) is 4.36. The molecule has 0 spiro atoms. The van der Waals surface area contributed by atoms with E-state index < -0.39 is 0 Å². The lowest BCUT2D eigenvalue weighted by atomic mass is 9.54. The van der Waals surface area contributed by atoms with E-state index in [4.69, 9.17) is 0 Å². The Hall–Kier alpha value is -0.260. The zero-order valence-electron chi connectivity index (χ0n) is 7.57. The third-order valence-corrected chi connectivity index (χ3v) is 3.35. The fourth-order valence-corrected chi connectivity index (χ4v) is 1.98. The third kappa shape index (κ3) is 0.902. The van der Waals surface area contributed by atoms with Crippen LogP contribution in [0.15, 0.2) is 12.2 Å². The molecule has 0 N–H and O–H groups in total. The van der Waals surface area contributed by atoms with E-state index in [2.05, 4.69) is 34.3 Å². The number of hydrogen-bond acceptors (Lipinski definition) is 0. The maximum Gasteiger partial charge on any atom is -0.0152 e. The molecule has 0 bridgehead atoms. The summed E-state index contributed by atoms with van der Waals surface area (Å²) in [5.41, 5.74) is 1.88. The lowest BCUT2D eigenvalue weighted by molar-refractivity contribution is 0.0182. The molecule has 1 aliphatic rings. The van der Waals surface area contributed by atoms with E-state index in [1.807, 2.05) is 0 Å². The summed E-state index contributed by atoms with van der Waals surface area (Å²) in [5.74, 6) is 1.66. The summed E-state index contributed by atoms with van der Waals surface area (Å²) >= 11 is 0. The second-order valence-electron chi connectivity index (χ2n) is 4.36. The minimum Gasteiger partial charge on any atom is -0.0998 e. The summed E-state index contributed by atoms with van der Waals surface area (Å²) in [6, 6.07) is 0. The van der Waals surface area contributed by atoms with Gasteiger partial charge in [-0.1, -0.05) is 32.9 Å². The van der Waals surface area contributed by atoms with Crippen LogP contribution in [0.3, 0.4) is 0 Å². The van der Waals surface area contributed by atoms with Gasteiger partial charge in [0.05, 0.1) is 0 Å². The topological polar surface area (TPSA) is 0 Å². The van der Waals surface area contributed by atoms with Gasteiger partial charge in [0, 0.05) is 0 Å². The smallest absolute Gasteiger partial charge is 0.0152 e. The van der Waals surface area contributed by atoms with Crippen LogP contribution >= 0.6 is 0 Å². The predicted octanol–water partition coefficient (Wildman–Crippen LogP) is 3.24. The van der Waals surface area contributed by atoms with Crippen molar-refractivity contribution in [2.45, 2.75) is 34.1 Å². The van der Waals surface area contributed by atoms with E-state index in [-0.39, 0.29) is 0 Å². The van der Waals surface area contributed by atoms with Gasteiger partial charge in [-0.2, -0.15) is 0 Å². The van der Waals surface area contributed by atoms with Crippen LogP contribution in [-0.4, -0.2) is 0 Å². The van der Waals surface area contributed by atoms with Crippen molar-refractivity contribution in [1.29, 1.82) is 0 Å². The largest absolute Gasteiger partial charge is 0.0998 e.